The lowest BCUT2D eigenvalue weighted by atomic mass is 10.1. The predicted molar refractivity (Wildman–Crippen MR) is 86.9 cm³/mol. The topological polar surface area (TPSA) is 58.2 Å². The van der Waals surface area contributed by atoms with Gasteiger partial charge in [-0.2, -0.15) is 11.3 Å². The summed E-state index contributed by atoms with van der Waals surface area (Å²) < 4.78 is 27.6. The average molecular weight is 324 g/mol. The molecule has 1 heterocycles. The molecule has 2 N–H and O–H groups in total. The summed E-state index contributed by atoms with van der Waals surface area (Å²) in [7, 11) is -3.49. The molecule has 4 nitrogen and oxygen atoms in total. The molecule has 0 unspecified atom stereocenters. The lowest BCUT2D eigenvalue weighted by Gasteiger charge is -2.13. The molecule has 21 heavy (non-hydrogen) atoms. The molecule has 0 saturated carbocycles. The molecule has 0 aliphatic rings. The van der Waals surface area contributed by atoms with E-state index in [-0.39, 0.29) is 0 Å². The van der Waals surface area contributed by atoms with Gasteiger partial charge in [-0.05, 0) is 53.1 Å². The van der Waals surface area contributed by atoms with Crippen molar-refractivity contribution in [1.82, 2.24) is 10.0 Å². The molecular weight excluding hydrogens is 304 g/mol. The van der Waals surface area contributed by atoms with Crippen LogP contribution in [-0.4, -0.2) is 15.0 Å². The van der Waals surface area contributed by atoms with Gasteiger partial charge in [0, 0.05) is 13.1 Å². The first-order chi connectivity index (χ1) is 10.0. The molecule has 0 atom stereocenters. The van der Waals surface area contributed by atoms with E-state index in [1.165, 1.54) is 0 Å². The average Bonchev–Trinajstić information content (AvgIpc) is 2.97. The summed E-state index contributed by atoms with van der Waals surface area (Å²) in [5.74, 6) is 0. The standard InChI is InChI=1S/C15H20N2O2S2/c1-3-16-10-14-5-4-6-15(12(14)2)21(18,19)17-9-13-7-8-20-11-13/h4-8,11,16-17H,3,9-10H2,1-2H3. The molecule has 0 saturated heterocycles. The number of sulfonamides is 1. The second kappa shape index (κ2) is 7.17. The van der Waals surface area contributed by atoms with Gasteiger partial charge in [-0.25, -0.2) is 13.1 Å². The molecule has 6 heteroatoms. The molecular formula is C15H20N2O2S2. The van der Waals surface area contributed by atoms with Crippen LogP contribution in [0.25, 0.3) is 0 Å². The van der Waals surface area contributed by atoms with Crippen LogP contribution in [0.15, 0.2) is 39.9 Å². The van der Waals surface area contributed by atoms with Crippen molar-refractivity contribution in [2.45, 2.75) is 31.8 Å². The highest BCUT2D eigenvalue weighted by atomic mass is 32.2. The van der Waals surface area contributed by atoms with Gasteiger partial charge in [-0.3, -0.25) is 0 Å². The van der Waals surface area contributed by atoms with Gasteiger partial charge in [0.25, 0.3) is 0 Å². The van der Waals surface area contributed by atoms with Gasteiger partial charge in [0.2, 0.25) is 10.0 Å². The van der Waals surface area contributed by atoms with Crippen molar-refractivity contribution in [3.05, 3.63) is 51.7 Å². The monoisotopic (exact) mass is 324 g/mol. The maximum absolute atomic E-state index is 12.4. The summed E-state index contributed by atoms with van der Waals surface area (Å²) in [4.78, 5) is 0.355. The van der Waals surface area contributed by atoms with Crippen LogP contribution in [0.4, 0.5) is 0 Å². The predicted octanol–water partition coefficient (Wildman–Crippen LogP) is 2.64. The molecule has 0 aliphatic carbocycles. The Balaban J connectivity index is 2.19. The Labute approximate surface area is 130 Å². The number of nitrogens with one attached hydrogen (secondary N) is 2. The number of hydrogen-bond donors (Lipinski definition) is 2. The first-order valence-corrected chi connectivity index (χ1v) is 9.27. The Hall–Kier alpha value is -1.21. The fourth-order valence-electron chi connectivity index (χ4n) is 2.05. The third kappa shape index (κ3) is 4.14. The van der Waals surface area contributed by atoms with Crippen LogP contribution in [-0.2, 0) is 23.1 Å². The highest BCUT2D eigenvalue weighted by molar-refractivity contribution is 7.89. The first-order valence-electron chi connectivity index (χ1n) is 6.84. The van der Waals surface area contributed by atoms with Crippen LogP contribution in [0.3, 0.4) is 0 Å². The summed E-state index contributed by atoms with van der Waals surface area (Å²) in [6.07, 6.45) is 0. The van der Waals surface area contributed by atoms with Gasteiger partial charge in [-0.1, -0.05) is 19.1 Å². The molecule has 0 bridgehead atoms. The first kappa shape index (κ1) is 16.2. The van der Waals surface area contributed by atoms with Crippen LogP contribution in [0.2, 0.25) is 0 Å². The van der Waals surface area contributed by atoms with Crippen molar-refractivity contribution in [3.8, 4) is 0 Å². The van der Waals surface area contributed by atoms with E-state index in [4.69, 9.17) is 0 Å². The van der Waals surface area contributed by atoms with Gasteiger partial charge in [-0.15, -0.1) is 0 Å². The van der Waals surface area contributed by atoms with E-state index < -0.39 is 10.0 Å². The number of thiophene rings is 1. The Bertz CT molecular complexity index is 680. The van der Waals surface area contributed by atoms with Crippen molar-refractivity contribution in [2.75, 3.05) is 6.54 Å². The molecule has 1 aromatic carbocycles. The van der Waals surface area contributed by atoms with Crippen molar-refractivity contribution in [1.29, 1.82) is 0 Å². The van der Waals surface area contributed by atoms with Gasteiger partial charge >= 0.3 is 0 Å². The highest BCUT2D eigenvalue weighted by Gasteiger charge is 2.18. The quantitative estimate of drug-likeness (QED) is 0.823. The van der Waals surface area contributed by atoms with Crippen LogP contribution in [0.1, 0.15) is 23.6 Å². The van der Waals surface area contributed by atoms with E-state index in [9.17, 15) is 8.42 Å². The van der Waals surface area contributed by atoms with Gasteiger partial charge in [0.15, 0.2) is 0 Å². The molecule has 0 fully saturated rings. The molecule has 0 spiro atoms. The lowest BCUT2D eigenvalue weighted by Crippen LogP contribution is -2.24. The maximum Gasteiger partial charge on any atom is 0.241 e. The third-order valence-electron chi connectivity index (χ3n) is 3.30. The Morgan fingerprint density at radius 3 is 2.67 bits per heavy atom. The fraction of sp³-hybridized carbons (Fsp3) is 0.333. The van der Waals surface area contributed by atoms with E-state index in [0.717, 1.165) is 23.2 Å². The number of rotatable bonds is 7. The van der Waals surface area contributed by atoms with Crippen molar-refractivity contribution in [2.24, 2.45) is 0 Å². The second-order valence-electron chi connectivity index (χ2n) is 4.78. The maximum atomic E-state index is 12.4. The Morgan fingerprint density at radius 2 is 2.00 bits per heavy atom. The Morgan fingerprint density at radius 1 is 1.19 bits per heavy atom. The minimum atomic E-state index is -3.49. The molecule has 2 aromatic rings. The molecule has 2 rings (SSSR count). The summed E-state index contributed by atoms with van der Waals surface area (Å²) in [5, 5.41) is 7.10. The Kier molecular flexibility index (Phi) is 5.52. The van der Waals surface area contributed by atoms with Crippen LogP contribution >= 0.6 is 11.3 Å². The smallest absolute Gasteiger partial charge is 0.241 e. The lowest BCUT2D eigenvalue weighted by molar-refractivity contribution is 0.580. The number of hydrogen-bond acceptors (Lipinski definition) is 4. The summed E-state index contributed by atoms with van der Waals surface area (Å²) in [6.45, 7) is 5.73. The molecule has 0 aliphatic heterocycles. The third-order valence-corrected chi connectivity index (χ3v) is 5.58. The number of benzene rings is 1. The minimum absolute atomic E-state index is 0.322. The summed E-state index contributed by atoms with van der Waals surface area (Å²) >= 11 is 1.56. The largest absolute Gasteiger partial charge is 0.313 e. The van der Waals surface area contributed by atoms with E-state index in [1.54, 1.807) is 23.5 Å². The zero-order valence-electron chi connectivity index (χ0n) is 12.2. The van der Waals surface area contributed by atoms with Gasteiger partial charge in [0.05, 0.1) is 4.90 Å². The van der Waals surface area contributed by atoms with Gasteiger partial charge < -0.3 is 5.32 Å². The van der Waals surface area contributed by atoms with E-state index >= 15 is 0 Å². The molecule has 0 radical (unpaired) electrons. The van der Waals surface area contributed by atoms with Crippen LogP contribution < -0.4 is 10.0 Å². The second-order valence-corrected chi connectivity index (χ2v) is 7.29. The van der Waals surface area contributed by atoms with E-state index in [1.807, 2.05) is 36.7 Å². The fourth-order valence-corrected chi connectivity index (χ4v) is 4.02. The summed E-state index contributed by atoms with van der Waals surface area (Å²) in [6, 6.07) is 7.32. The zero-order valence-corrected chi connectivity index (χ0v) is 13.9. The summed E-state index contributed by atoms with van der Waals surface area (Å²) in [5.41, 5.74) is 2.79. The highest BCUT2D eigenvalue weighted by Crippen LogP contribution is 2.19. The molecule has 1 aromatic heterocycles. The van der Waals surface area contributed by atoms with Crippen molar-refractivity contribution >= 4 is 21.4 Å². The molecule has 0 amide bonds. The van der Waals surface area contributed by atoms with Crippen molar-refractivity contribution in [3.63, 3.8) is 0 Å². The van der Waals surface area contributed by atoms with Crippen LogP contribution in [0.5, 0.6) is 0 Å². The van der Waals surface area contributed by atoms with E-state index in [2.05, 4.69) is 10.0 Å². The molecule has 114 valence electrons. The zero-order chi connectivity index (χ0) is 15.3. The van der Waals surface area contributed by atoms with Crippen molar-refractivity contribution < 1.29 is 8.42 Å². The van der Waals surface area contributed by atoms with Crippen LogP contribution in [0, 0.1) is 6.92 Å². The minimum Gasteiger partial charge on any atom is -0.313 e. The van der Waals surface area contributed by atoms with Gasteiger partial charge in [0.1, 0.15) is 0 Å². The normalized spacial score (nSPS) is 11.7. The SMILES string of the molecule is CCNCc1cccc(S(=O)(=O)NCc2ccsc2)c1C. The van der Waals surface area contributed by atoms with E-state index in [0.29, 0.717) is 18.0 Å².